The average molecular weight is 296 g/mol. The van der Waals surface area contributed by atoms with Crippen molar-refractivity contribution in [2.75, 3.05) is 7.11 Å². The second-order valence-corrected chi connectivity index (χ2v) is 5.44. The van der Waals surface area contributed by atoms with E-state index in [9.17, 15) is 14.7 Å². The molecule has 0 radical (unpaired) electrons. The van der Waals surface area contributed by atoms with Gasteiger partial charge in [0.1, 0.15) is 5.75 Å². The Kier molecular flexibility index (Phi) is 3.34. The maximum Gasteiger partial charge on any atom is 0.198 e. The first kappa shape index (κ1) is 14.5. The van der Waals surface area contributed by atoms with E-state index in [1.807, 2.05) is 0 Å². The van der Waals surface area contributed by atoms with Crippen molar-refractivity contribution < 1.29 is 19.4 Å². The molecular weight excluding hydrogens is 280 g/mol. The van der Waals surface area contributed by atoms with Gasteiger partial charge < -0.3 is 9.84 Å². The van der Waals surface area contributed by atoms with Crippen LogP contribution >= 0.6 is 0 Å². The first-order valence-electron chi connectivity index (χ1n) is 7.05. The van der Waals surface area contributed by atoms with Gasteiger partial charge in [0.2, 0.25) is 0 Å². The van der Waals surface area contributed by atoms with E-state index in [4.69, 9.17) is 4.74 Å². The minimum absolute atomic E-state index is 0.205. The highest BCUT2D eigenvalue weighted by Crippen LogP contribution is 2.37. The molecule has 0 aromatic heterocycles. The molecule has 0 saturated heterocycles. The lowest BCUT2D eigenvalue weighted by Crippen LogP contribution is -2.24. The number of aliphatic hydroxyl groups excluding tert-OH is 1. The molecule has 22 heavy (non-hydrogen) atoms. The van der Waals surface area contributed by atoms with Gasteiger partial charge in [-0.25, -0.2) is 0 Å². The van der Waals surface area contributed by atoms with Crippen LogP contribution in [-0.2, 0) is 0 Å². The Balaban J connectivity index is 2.38. The molecule has 4 heteroatoms. The molecule has 0 saturated carbocycles. The Bertz CT molecular complexity index is 803. The number of ketones is 2. The molecule has 4 nitrogen and oxygen atoms in total. The highest BCUT2D eigenvalue weighted by molar-refractivity contribution is 6.30. The number of aryl methyl sites for hydroxylation is 1. The Morgan fingerprint density at radius 2 is 1.73 bits per heavy atom. The zero-order valence-corrected chi connectivity index (χ0v) is 12.6. The van der Waals surface area contributed by atoms with Gasteiger partial charge in [-0.1, -0.05) is 24.3 Å². The van der Waals surface area contributed by atoms with Crippen LogP contribution in [0.4, 0.5) is 0 Å². The van der Waals surface area contributed by atoms with Crippen molar-refractivity contribution in [3.05, 3.63) is 63.7 Å². The second-order valence-electron chi connectivity index (χ2n) is 5.44. The van der Waals surface area contributed by atoms with E-state index in [-0.39, 0.29) is 22.7 Å². The third kappa shape index (κ3) is 1.88. The van der Waals surface area contributed by atoms with E-state index in [2.05, 4.69) is 0 Å². The quantitative estimate of drug-likeness (QED) is 0.790. The minimum Gasteiger partial charge on any atom is -0.496 e. The molecule has 2 aromatic carbocycles. The Hall–Kier alpha value is -2.46. The summed E-state index contributed by atoms with van der Waals surface area (Å²) in [4.78, 5) is 25.8. The van der Waals surface area contributed by atoms with E-state index in [1.165, 1.54) is 7.11 Å². The highest BCUT2D eigenvalue weighted by atomic mass is 16.5. The standard InChI is InChI=1S/C18H16O4/c1-9-7-8-13(22-3)16-14(9)17(20)12-6-4-5-11(10(2)19)15(12)18(16)21/h4-8,10,19H,1-3H3. The summed E-state index contributed by atoms with van der Waals surface area (Å²) in [5.74, 6) is -0.102. The smallest absolute Gasteiger partial charge is 0.198 e. The van der Waals surface area contributed by atoms with Crippen LogP contribution in [0.25, 0.3) is 0 Å². The third-order valence-electron chi connectivity index (χ3n) is 4.07. The van der Waals surface area contributed by atoms with Gasteiger partial charge in [0.15, 0.2) is 11.6 Å². The fraction of sp³-hybridized carbons (Fsp3) is 0.222. The van der Waals surface area contributed by atoms with E-state index >= 15 is 0 Å². The fourth-order valence-electron chi connectivity index (χ4n) is 3.00. The van der Waals surface area contributed by atoms with E-state index in [0.29, 0.717) is 22.4 Å². The first-order chi connectivity index (χ1) is 10.5. The number of ether oxygens (including phenoxy) is 1. The number of benzene rings is 2. The van der Waals surface area contributed by atoms with Crippen LogP contribution in [-0.4, -0.2) is 23.8 Å². The van der Waals surface area contributed by atoms with Gasteiger partial charge in [-0.3, -0.25) is 9.59 Å². The van der Waals surface area contributed by atoms with Crippen molar-refractivity contribution in [1.29, 1.82) is 0 Å². The Morgan fingerprint density at radius 3 is 2.36 bits per heavy atom. The fourth-order valence-corrected chi connectivity index (χ4v) is 3.00. The molecule has 1 aliphatic rings. The van der Waals surface area contributed by atoms with Crippen LogP contribution in [0, 0.1) is 6.92 Å². The minimum atomic E-state index is -0.830. The summed E-state index contributed by atoms with van der Waals surface area (Å²) in [5, 5.41) is 9.92. The van der Waals surface area contributed by atoms with E-state index < -0.39 is 6.10 Å². The molecule has 3 rings (SSSR count). The van der Waals surface area contributed by atoms with Gasteiger partial charge in [0.05, 0.1) is 18.8 Å². The largest absolute Gasteiger partial charge is 0.496 e. The molecule has 112 valence electrons. The normalized spacial score (nSPS) is 14.4. The van der Waals surface area contributed by atoms with Gasteiger partial charge in [0.25, 0.3) is 0 Å². The summed E-state index contributed by atoms with van der Waals surface area (Å²) in [6.45, 7) is 3.38. The van der Waals surface area contributed by atoms with Crippen molar-refractivity contribution in [2.45, 2.75) is 20.0 Å². The van der Waals surface area contributed by atoms with Gasteiger partial charge in [-0.15, -0.1) is 0 Å². The summed E-state index contributed by atoms with van der Waals surface area (Å²) < 4.78 is 5.27. The zero-order valence-electron chi connectivity index (χ0n) is 12.6. The maximum atomic E-state index is 13.0. The van der Waals surface area contributed by atoms with E-state index in [1.54, 1.807) is 44.2 Å². The number of aliphatic hydroxyl groups is 1. The van der Waals surface area contributed by atoms with Crippen LogP contribution in [0.2, 0.25) is 0 Å². The zero-order chi connectivity index (χ0) is 16.0. The molecule has 1 unspecified atom stereocenters. The molecule has 1 N–H and O–H groups in total. The van der Waals surface area contributed by atoms with Crippen LogP contribution < -0.4 is 4.74 Å². The van der Waals surface area contributed by atoms with Crippen molar-refractivity contribution in [3.8, 4) is 5.75 Å². The van der Waals surface area contributed by atoms with Gasteiger partial charge in [-0.05, 0) is 31.0 Å². The van der Waals surface area contributed by atoms with Crippen molar-refractivity contribution >= 4 is 11.6 Å². The van der Waals surface area contributed by atoms with Crippen LogP contribution in [0.1, 0.15) is 56.0 Å². The second kappa shape index (κ2) is 5.07. The number of rotatable bonds is 2. The average Bonchev–Trinajstić information content (AvgIpc) is 2.51. The third-order valence-corrected chi connectivity index (χ3v) is 4.07. The SMILES string of the molecule is COc1ccc(C)c2c1C(=O)c1c(cccc1C(C)O)C2=O. The van der Waals surface area contributed by atoms with Crippen LogP contribution in [0.3, 0.4) is 0 Å². The van der Waals surface area contributed by atoms with Gasteiger partial charge >= 0.3 is 0 Å². The molecule has 0 aliphatic heterocycles. The first-order valence-corrected chi connectivity index (χ1v) is 7.05. The topological polar surface area (TPSA) is 63.6 Å². The maximum absolute atomic E-state index is 13.0. The molecule has 1 atom stereocenters. The summed E-state index contributed by atoms with van der Waals surface area (Å²) in [5.41, 5.74) is 2.49. The number of carbonyl (C=O) groups excluding carboxylic acids is 2. The number of methoxy groups -OCH3 is 1. The number of fused-ring (bicyclic) bond motifs is 2. The van der Waals surface area contributed by atoms with Crippen LogP contribution in [0.5, 0.6) is 5.75 Å². The van der Waals surface area contributed by atoms with E-state index in [0.717, 1.165) is 5.56 Å². The molecule has 0 heterocycles. The predicted octanol–water partition coefficient (Wildman–Crippen LogP) is 2.83. The highest BCUT2D eigenvalue weighted by Gasteiger charge is 2.35. The Labute approximate surface area is 128 Å². The molecular formula is C18H16O4. The molecule has 1 aliphatic carbocycles. The number of hydrogen-bond donors (Lipinski definition) is 1. The molecule has 2 aromatic rings. The number of hydrogen-bond acceptors (Lipinski definition) is 4. The molecule has 0 bridgehead atoms. The summed E-state index contributed by atoms with van der Waals surface area (Å²) >= 11 is 0. The van der Waals surface area contributed by atoms with Crippen molar-refractivity contribution in [2.24, 2.45) is 0 Å². The molecule has 0 amide bonds. The monoisotopic (exact) mass is 296 g/mol. The van der Waals surface area contributed by atoms with Gasteiger partial charge in [-0.2, -0.15) is 0 Å². The summed E-state index contributed by atoms with van der Waals surface area (Å²) in [7, 11) is 1.47. The number of carbonyl (C=O) groups is 2. The van der Waals surface area contributed by atoms with Crippen LogP contribution in [0.15, 0.2) is 30.3 Å². The lowest BCUT2D eigenvalue weighted by molar-refractivity contribution is 0.0971. The van der Waals surface area contributed by atoms with Gasteiger partial charge in [0, 0.05) is 16.7 Å². The summed E-state index contributed by atoms with van der Waals surface area (Å²) in [6.07, 6.45) is -0.830. The lowest BCUT2D eigenvalue weighted by Gasteiger charge is -2.24. The predicted molar refractivity (Wildman–Crippen MR) is 81.7 cm³/mol. The van der Waals surface area contributed by atoms with Crippen molar-refractivity contribution in [3.63, 3.8) is 0 Å². The summed E-state index contributed by atoms with van der Waals surface area (Å²) in [6, 6.07) is 8.44. The van der Waals surface area contributed by atoms with Crippen molar-refractivity contribution in [1.82, 2.24) is 0 Å². The Morgan fingerprint density at radius 1 is 1.00 bits per heavy atom. The molecule has 0 spiro atoms. The lowest BCUT2D eigenvalue weighted by atomic mass is 9.79. The molecule has 0 fully saturated rings.